The summed E-state index contributed by atoms with van der Waals surface area (Å²) in [5.74, 6) is -0.882. The number of hydrogen-bond acceptors (Lipinski definition) is 4. The van der Waals surface area contributed by atoms with Crippen LogP contribution in [0.25, 0.3) is 0 Å². The number of hydrogen-bond donors (Lipinski definition) is 1. The van der Waals surface area contributed by atoms with Crippen LogP contribution >= 0.6 is 34.8 Å². The Morgan fingerprint density at radius 3 is 2.12 bits per heavy atom. The zero-order valence-corrected chi connectivity index (χ0v) is 25.6. The molecule has 0 aliphatic carbocycles. The van der Waals surface area contributed by atoms with Gasteiger partial charge in [-0.1, -0.05) is 72.4 Å². The molecule has 0 saturated carbocycles. The van der Waals surface area contributed by atoms with E-state index in [1.807, 2.05) is 13.8 Å². The highest BCUT2D eigenvalue weighted by atomic mass is 35.5. The minimum absolute atomic E-state index is 0.0206. The number of sulfonamides is 1. The van der Waals surface area contributed by atoms with Crippen LogP contribution in [0.15, 0.2) is 71.6 Å². The topological polar surface area (TPSA) is 86.8 Å². The first-order valence-electron chi connectivity index (χ1n) is 12.8. The van der Waals surface area contributed by atoms with E-state index in [4.69, 9.17) is 34.8 Å². The van der Waals surface area contributed by atoms with Crippen molar-refractivity contribution in [1.82, 2.24) is 10.2 Å². The third kappa shape index (κ3) is 7.91. The molecule has 0 aliphatic rings. The highest BCUT2D eigenvalue weighted by molar-refractivity contribution is 7.92. The lowest BCUT2D eigenvalue weighted by atomic mass is 10.1. The average molecular weight is 625 g/mol. The molecule has 1 N–H and O–H groups in total. The van der Waals surface area contributed by atoms with E-state index in [0.717, 1.165) is 16.3 Å². The predicted octanol–water partition coefficient (Wildman–Crippen LogP) is 6.48. The summed E-state index contributed by atoms with van der Waals surface area (Å²) < 4.78 is 28.7. The van der Waals surface area contributed by atoms with Crippen molar-refractivity contribution in [2.45, 2.75) is 51.1 Å². The predicted molar refractivity (Wildman–Crippen MR) is 162 cm³/mol. The second kappa shape index (κ2) is 14.2. The number of nitrogens with one attached hydrogen (secondary N) is 1. The third-order valence-corrected chi connectivity index (χ3v) is 9.05. The molecule has 0 spiro atoms. The first kappa shape index (κ1) is 31.7. The number of benzene rings is 3. The number of anilines is 1. The van der Waals surface area contributed by atoms with Crippen LogP contribution in [0, 0.1) is 6.92 Å². The molecule has 3 aromatic carbocycles. The third-order valence-electron chi connectivity index (χ3n) is 6.27. The van der Waals surface area contributed by atoms with Crippen molar-refractivity contribution in [3.63, 3.8) is 0 Å². The largest absolute Gasteiger partial charge is 0.354 e. The van der Waals surface area contributed by atoms with E-state index in [0.29, 0.717) is 33.6 Å². The Morgan fingerprint density at radius 2 is 1.55 bits per heavy atom. The smallest absolute Gasteiger partial charge is 0.264 e. The van der Waals surface area contributed by atoms with Gasteiger partial charge in [-0.2, -0.15) is 0 Å². The Hall–Kier alpha value is -2.78. The second-order valence-corrected chi connectivity index (χ2v) is 12.4. The molecule has 0 saturated heterocycles. The average Bonchev–Trinajstić information content (AvgIpc) is 2.93. The summed E-state index contributed by atoms with van der Waals surface area (Å²) in [6.07, 6.45) is 1.04. The number of rotatable bonds is 12. The van der Waals surface area contributed by atoms with E-state index < -0.39 is 28.5 Å². The summed E-state index contributed by atoms with van der Waals surface area (Å²) in [5.41, 5.74) is 1.80. The molecule has 214 valence electrons. The van der Waals surface area contributed by atoms with Crippen molar-refractivity contribution in [1.29, 1.82) is 0 Å². The van der Waals surface area contributed by atoms with Crippen LogP contribution in [0.3, 0.4) is 0 Å². The molecule has 0 fully saturated rings. The molecule has 11 heteroatoms. The molecule has 0 aromatic heterocycles. The SMILES string of the molecule is CCCNC(=O)[C@H](CC)N(Cc1ccc(Cl)c(Cl)c1)C(=O)CN(c1ccc(Cl)cc1)S(=O)(=O)c1ccc(C)cc1. The molecule has 1 atom stereocenters. The summed E-state index contributed by atoms with van der Waals surface area (Å²) in [6, 6.07) is 16.7. The number of amides is 2. The summed E-state index contributed by atoms with van der Waals surface area (Å²) in [5, 5.41) is 3.93. The highest BCUT2D eigenvalue weighted by Crippen LogP contribution is 2.27. The minimum atomic E-state index is -4.16. The molecule has 0 unspecified atom stereocenters. The van der Waals surface area contributed by atoms with Crippen molar-refractivity contribution in [2.75, 3.05) is 17.4 Å². The van der Waals surface area contributed by atoms with E-state index in [1.165, 1.54) is 29.2 Å². The van der Waals surface area contributed by atoms with Crippen LogP contribution in [0.5, 0.6) is 0 Å². The van der Waals surface area contributed by atoms with Crippen LogP contribution in [0.2, 0.25) is 15.1 Å². The lowest BCUT2D eigenvalue weighted by Gasteiger charge is -2.33. The molecule has 2 amide bonds. The van der Waals surface area contributed by atoms with Crippen molar-refractivity contribution < 1.29 is 18.0 Å². The van der Waals surface area contributed by atoms with Crippen LogP contribution in [-0.2, 0) is 26.2 Å². The van der Waals surface area contributed by atoms with E-state index in [1.54, 1.807) is 49.4 Å². The first-order valence-corrected chi connectivity index (χ1v) is 15.4. The fraction of sp³-hybridized carbons (Fsp3) is 0.310. The van der Waals surface area contributed by atoms with Crippen molar-refractivity contribution in [3.05, 3.63) is 92.9 Å². The van der Waals surface area contributed by atoms with Gasteiger partial charge >= 0.3 is 0 Å². The fourth-order valence-electron chi connectivity index (χ4n) is 4.09. The number of nitrogens with zero attached hydrogens (tertiary/aromatic N) is 2. The summed E-state index contributed by atoms with van der Waals surface area (Å²) in [7, 11) is -4.16. The van der Waals surface area contributed by atoms with Crippen LogP contribution in [0.1, 0.15) is 37.8 Å². The number of halogens is 3. The zero-order chi connectivity index (χ0) is 29.4. The molecular formula is C29H32Cl3N3O4S. The Morgan fingerprint density at radius 1 is 0.900 bits per heavy atom. The van der Waals surface area contributed by atoms with E-state index >= 15 is 0 Å². The van der Waals surface area contributed by atoms with Gasteiger partial charge in [0.25, 0.3) is 10.0 Å². The van der Waals surface area contributed by atoms with Gasteiger partial charge in [0.2, 0.25) is 11.8 Å². The van der Waals surface area contributed by atoms with Gasteiger partial charge in [0.05, 0.1) is 20.6 Å². The maximum atomic E-state index is 14.0. The maximum absolute atomic E-state index is 14.0. The second-order valence-electron chi connectivity index (χ2n) is 9.29. The molecule has 40 heavy (non-hydrogen) atoms. The van der Waals surface area contributed by atoms with Gasteiger partial charge in [0.1, 0.15) is 12.6 Å². The van der Waals surface area contributed by atoms with E-state index in [9.17, 15) is 18.0 Å². The van der Waals surface area contributed by atoms with Crippen LogP contribution in [0.4, 0.5) is 5.69 Å². The lowest BCUT2D eigenvalue weighted by Crippen LogP contribution is -2.52. The van der Waals surface area contributed by atoms with Gasteiger partial charge in [0, 0.05) is 18.1 Å². The molecule has 0 radical (unpaired) electrons. The summed E-state index contributed by atoms with van der Waals surface area (Å²) in [6.45, 7) is 5.50. The Bertz CT molecular complexity index is 1430. The minimum Gasteiger partial charge on any atom is -0.354 e. The van der Waals surface area contributed by atoms with Crippen LogP contribution in [-0.4, -0.2) is 44.3 Å². The molecule has 0 bridgehead atoms. The molecule has 3 rings (SSSR count). The fourth-order valence-corrected chi connectivity index (χ4v) is 5.95. The first-order chi connectivity index (χ1) is 19.0. The van der Waals surface area contributed by atoms with Crippen molar-refractivity contribution in [3.8, 4) is 0 Å². The van der Waals surface area contributed by atoms with Crippen LogP contribution < -0.4 is 9.62 Å². The van der Waals surface area contributed by atoms with Gasteiger partial charge in [0.15, 0.2) is 0 Å². The summed E-state index contributed by atoms with van der Waals surface area (Å²) >= 11 is 18.4. The highest BCUT2D eigenvalue weighted by Gasteiger charge is 2.33. The maximum Gasteiger partial charge on any atom is 0.264 e. The standard InChI is InChI=1S/C29H32Cl3N3O4S/c1-4-16-33-29(37)27(5-2)34(18-21-8-15-25(31)26(32)17-21)28(36)19-35(23-11-9-22(30)10-12-23)40(38,39)24-13-6-20(3)7-14-24/h6-15,17,27H,4-5,16,18-19H2,1-3H3,(H,33,37)/t27-/m0/s1. The molecular weight excluding hydrogens is 593 g/mol. The Kier molecular flexibility index (Phi) is 11.3. The lowest BCUT2D eigenvalue weighted by molar-refractivity contribution is -0.140. The number of carbonyl (C=O) groups is 2. The molecule has 7 nitrogen and oxygen atoms in total. The Balaban J connectivity index is 2.06. The van der Waals surface area contributed by atoms with Gasteiger partial charge < -0.3 is 10.2 Å². The van der Waals surface area contributed by atoms with E-state index in [2.05, 4.69) is 5.32 Å². The van der Waals surface area contributed by atoms with Gasteiger partial charge in [-0.15, -0.1) is 0 Å². The number of aryl methyl sites for hydroxylation is 1. The normalized spacial score (nSPS) is 12.1. The zero-order valence-electron chi connectivity index (χ0n) is 22.5. The molecule has 0 aliphatic heterocycles. The van der Waals surface area contributed by atoms with Gasteiger partial charge in [-0.25, -0.2) is 8.42 Å². The Labute approximate surface area is 251 Å². The quantitative estimate of drug-likeness (QED) is 0.250. The van der Waals surface area contributed by atoms with E-state index in [-0.39, 0.29) is 23.0 Å². The van der Waals surface area contributed by atoms with Crippen molar-refractivity contribution in [2.24, 2.45) is 0 Å². The molecule has 3 aromatic rings. The summed E-state index contributed by atoms with van der Waals surface area (Å²) in [4.78, 5) is 28.6. The van der Waals surface area contributed by atoms with Gasteiger partial charge in [-0.3, -0.25) is 13.9 Å². The van der Waals surface area contributed by atoms with Gasteiger partial charge in [-0.05, 0) is 73.9 Å². The van der Waals surface area contributed by atoms with Crippen molar-refractivity contribution >= 4 is 62.3 Å². The number of carbonyl (C=O) groups excluding carboxylic acids is 2. The monoisotopic (exact) mass is 623 g/mol. The molecule has 0 heterocycles.